The first kappa shape index (κ1) is 22.8. The van der Waals surface area contributed by atoms with Gasteiger partial charge in [-0.05, 0) is 56.2 Å². The van der Waals surface area contributed by atoms with Crippen LogP contribution in [0.25, 0.3) is 22.0 Å². The molecule has 0 saturated heterocycles. The highest BCUT2D eigenvalue weighted by atomic mass is 16.5. The van der Waals surface area contributed by atoms with E-state index in [9.17, 15) is 19.5 Å². The molecule has 8 heteroatoms. The van der Waals surface area contributed by atoms with Crippen molar-refractivity contribution in [2.24, 2.45) is 7.05 Å². The first-order valence-electron chi connectivity index (χ1n) is 10.8. The minimum Gasteiger partial charge on any atom is -0.478 e. The second-order valence-electron chi connectivity index (χ2n) is 8.13. The van der Waals surface area contributed by atoms with Crippen LogP contribution in [0.2, 0.25) is 0 Å². The molecule has 2 aromatic carbocycles. The fraction of sp³-hybridized carbons (Fsp3) is 0.192. The predicted octanol–water partition coefficient (Wildman–Crippen LogP) is 4.39. The maximum atomic E-state index is 12.8. The first-order valence-corrected chi connectivity index (χ1v) is 10.8. The van der Waals surface area contributed by atoms with Crippen LogP contribution in [-0.2, 0) is 7.05 Å². The number of aromatic carboxylic acids is 1. The molecule has 0 unspecified atom stereocenters. The number of H-pyrrole nitrogens is 1. The maximum absolute atomic E-state index is 12.8. The number of benzene rings is 2. The van der Waals surface area contributed by atoms with Crippen molar-refractivity contribution in [1.82, 2.24) is 14.9 Å². The Hall–Kier alpha value is -4.33. The molecule has 0 saturated carbocycles. The lowest BCUT2D eigenvalue weighted by atomic mass is 10.00. The van der Waals surface area contributed by atoms with Crippen LogP contribution in [0.3, 0.4) is 0 Å². The van der Waals surface area contributed by atoms with Gasteiger partial charge in [0.05, 0.1) is 5.56 Å². The van der Waals surface area contributed by atoms with E-state index in [2.05, 4.69) is 10.3 Å². The molecule has 2 aromatic heterocycles. The smallest absolute Gasteiger partial charge is 0.335 e. The molecule has 174 valence electrons. The van der Waals surface area contributed by atoms with Crippen LogP contribution in [0.15, 0.2) is 53.5 Å². The van der Waals surface area contributed by atoms with Crippen LogP contribution in [0, 0.1) is 13.8 Å². The van der Waals surface area contributed by atoms with Crippen LogP contribution < -0.4 is 15.6 Å². The van der Waals surface area contributed by atoms with Gasteiger partial charge in [-0.25, -0.2) is 4.79 Å². The minimum atomic E-state index is -1.09. The van der Waals surface area contributed by atoms with Gasteiger partial charge in [-0.1, -0.05) is 18.2 Å². The Bertz CT molecular complexity index is 1480. The Morgan fingerprint density at radius 3 is 2.44 bits per heavy atom. The number of para-hydroxylation sites is 1. The van der Waals surface area contributed by atoms with Gasteiger partial charge in [-0.15, -0.1) is 0 Å². The van der Waals surface area contributed by atoms with E-state index in [1.165, 1.54) is 16.7 Å². The number of carbonyl (C=O) groups excluding carboxylic acids is 1. The number of carboxylic acids is 1. The second kappa shape index (κ2) is 8.90. The van der Waals surface area contributed by atoms with Gasteiger partial charge in [0, 0.05) is 36.3 Å². The molecule has 0 aliphatic carbocycles. The highest BCUT2D eigenvalue weighted by Gasteiger charge is 2.20. The zero-order valence-corrected chi connectivity index (χ0v) is 19.4. The average Bonchev–Trinajstić information content (AvgIpc) is 3.25. The number of pyridine rings is 1. The molecule has 4 rings (SSSR count). The highest BCUT2D eigenvalue weighted by molar-refractivity contribution is 6.03. The molecule has 0 spiro atoms. The van der Waals surface area contributed by atoms with Crippen molar-refractivity contribution in [1.29, 1.82) is 0 Å². The summed E-state index contributed by atoms with van der Waals surface area (Å²) in [6.07, 6.45) is 1.62. The van der Waals surface area contributed by atoms with Crippen molar-refractivity contribution in [2.45, 2.75) is 20.8 Å². The summed E-state index contributed by atoms with van der Waals surface area (Å²) in [6.45, 7) is 6.11. The Kier molecular flexibility index (Phi) is 5.98. The van der Waals surface area contributed by atoms with Crippen molar-refractivity contribution in [2.75, 3.05) is 6.54 Å². The molecule has 4 aromatic rings. The van der Waals surface area contributed by atoms with Crippen molar-refractivity contribution < 1.29 is 19.4 Å². The molecular weight excluding hydrogens is 434 g/mol. The molecule has 1 amide bonds. The molecule has 0 bridgehead atoms. The lowest BCUT2D eigenvalue weighted by Crippen LogP contribution is -2.23. The molecular formula is C26H25N3O5. The van der Waals surface area contributed by atoms with Gasteiger partial charge < -0.3 is 24.7 Å². The fourth-order valence-corrected chi connectivity index (χ4v) is 3.96. The van der Waals surface area contributed by atoms with E-state index in [-0.39, 0.29) is 28.2 Å². The minimum absolute atomic E-state index is 0.0744. The van der Waals surface area contributed by atoms with Gasteiger partial charge in [0.1, 0.15) is 22.7 Å². The summed E-state index contributed by atoms with van der Waals surface area (Å²) in [5.74, 6) is -0.316. The lowest BCUT2D eigenvalue weighted by Gasteiger charge is -2.16. The molecule has 0 atom stereocenters. The summed E-state index contributed by atoms with van der Waals surface area (Å²) in [7, 11) is 1.60. The average molecular weight is 460 g/mol. The Balaban J connectivity index is 1.99. The van der Waals surface area contributed by atoms with Gasteiger partial charge in [-0.2, -0.15) is 0 Å². The summed E-state index contributed by atoms with van der Waals surface area (Å²) >= 11 is 0. The molecule has 0 fully saturated rings. The fourth-order valence-electron chi connectivity index (χ4n) is 3.96. The summed E-state index contributed by atoms with van der Waals surface area (Å²) in [4.78, 5) is 39.9. The van der Waals surface area contributed by atoms with Gasteiger partial charge in [-0.3, -0.25) is 9.59 Å². The topological polar surface area (TPSA) is 113 Å². The number of ether oxygens (including phenoxy) is 1. The van der Waals surface area contributed by atoms with E-state index in [0.717, 1.165) is 11.1 Å². The number of amides is 1. The third kappa shape index (κ3) is 4.05. The number of rotatable bonds is 6. The Labute approximate surface area is 195 Å². The van der Waals surface area contributed by atoms with E-state index in [1.807, 2.05) is 32.0 Å². The zero-order valence-electron chi connectivity index (χ0n) is 19.4. The largest absolute Gasteiger partial charge is 0.478 e. The van der Waals surface area contributed by atoms with Gasteiger partial charge in [0.15, 0.2) is 0 Å². The van der Waals surface area contributed by atoms with E-state index in [0.29, 0.717) is 34.6 Å². The maximum Gasteiger partial charge on any atom is 0.335 e. The summed E-state index contributed by atoms with van der Waals surface area (Å²) in [5.41, 5.74) is 3.18. The Morgan fingerprint density at radius 1 is 1.09 bits per heavy atom. The normalized spacial score (nSPS) is 10.9. The van der Waals surface area contributed by atoms with E-state index in [4.69, 9.17) is 4.74 Å². The summed E-state index contributed by atoms with van der Waals surface area (Å²) in [6, 6.07) is 12.0. The zero-order chi connectivity index (χ0) is 24.6. The highest BCUT2D eigenvalue weighted by Crippen LogP contribution is 2.39. The molecule has 0 aliphatic rings. The van der Waals surface area contributed by atoms with E-state index in [1.54, 1.807) is 32.3 Å². The van der Waals surface area contributed by atoms with Gasteiger partial charge in [0.2, 0.25) is 0 Å². The third-order valence-corrected chi connectivity index (χ3v) is 5.68. The van der Waals surface area contributed by atoms with Gasteiger partial charge in [0.25, 0.3) is 11.5 Å². The van der Waals surface area contributed by atoms with Crippen LogP contribution in [0.4, 0.5) is 0 Å². The van der Waals surface area contributed by atoms with Crippen LogP contribution in [0.1, 0.15) is 38.9 Å². The monoisotopic (exact) mass is 459 g/mol. The van der Waals surface area contributed by atoms with Crippen LogP contribution in [0.5, 0.6) is 11.5 Å². The molecule has 8 nitrogen and oxygen atoms in total. The van der Waals surface area contributed by atoms with Crippen LogP contribution >= 0.6 is 0 Å². The number of fused-ring (bicyclic) bond motifs is 1. The predicted molar refractivity (Wildman–Crippen MR) is 130 cm³/mol. The second-order valence-corrected chi connectivity index (χ2v) is 8.13. The number of aromatic nitrogens is 2. The summed E-state index contributed by atoms with van der Waals surface area (Å²) in [5, 5.41) is 12.8. The molecule has 0 aliphatic heterocycles. The number of nitrogens with one attached hydrogen (secondary N) is 2. The van der Waals surface area contributed by atoms with Crippen LogP contribution in [-0.4, -0.2) is 33.1 Å². The molecule has 3 N–H and O–H groups in total. The quantitative estimate of drug-likeness (QED) is 0.396. The van der Waals surface area contributed by atoms with E-state index < -0.39 is 5.97 Å². The Morgan fingerprint density at radius 2 is 1.79 bits per heavy atom. The van der Waals surface area contributed by atoms with Crippen molar-refractivity contribution in [3.8, 4) is 22.6 Å². The molecule has 2 heterocycles. The number of carboxylic acid groups (broad SMARTS) is 1. The number of hydrogen-bond acceptors (Lipinski definition) is 4. The van der Waals surface area contributed by atoms with Crippen molar-refractivity contribution in [3.05, 3.63) is 81.4 Å². The van der Waals surface area contributed by atoms with E-state index >= 15 is 0 Å². The third-order valence-electron chi connectivity index (χ3n) is 5.68. The van der Waals surface area contributed by atoms with Crippen molar-refractivity contribution >= 4 is 22.8 Å². The number of aromatic amines is 1. The molecule has 34 heavy (non-hydrogen) atoms. The summed E-state index contributed by atoms with van der Waals surface area (Å²) < 4.78 is 7.70. The first-order chi connectivity index (χ1) is 16.2. The SMILES string of the molecule is CCNC(=O)c1cc2c(-c3cc(C(=O)O)ccc3Oc3c(C)cccc3C)cn(C)c(=O)c2[nH]1. The standard InChI is InChI=1S/C26H25N3O5/c1-5-27-24(30)20-12-18-19(13-29(4)25(31)22(18)28-20)17-11-16(26(32)33)9-10-21(17)34-23-14(2)7-6-8-15(23)3/h6-13,28H,5H2,1-4H3,(H,27,30)(H,32,33). The number of nitrogens with zero attached hydrogens (tertiary/aromatic N) is 1. The number of hydrogen-bond donors (Lipinski definition) is 3. The lowest BCUT2D eigenvalue weighted by molar-refractivity contribution is 0.0696. The number of aryl methyl sites for hydroxylation is 3. The van der Waals surface area contributed by atoms with Crippen molar-refractivity contribution in [3.63, 3.8) is 0 Å². The number of carbonyl (C=O) groups is 2. The molecule has 0 radical (unpaired) electrons. The van der Waals surface area contributed by atoms with Gasteiger partial charge >= 0.3 is 5.97 Å².